The average Bonchev–Trinajstić information content (AvgIpc) is 2.54. The van der Waals surface area contributed by atoms with Gasteiger partial charge >= 0.3 is 0 Å². The highest BCUT2D eigenvalue weighted by molar-refractivity contribution is 5.95. The van der Waals surface area contributed by atoms with E-state index in [0.29, 0.717) is 18.4 Å². The fourth-order valence-corrected chi connectivity index (χ4v) is 2.72. The molecule has 4 N–H and O–H groups in total. The topological polar surface area (TPSA) is 116 Å². The van der Waals surface area contributed by atoms with Crippen LogP contribution in [0.25, 0.3) is 0 Å². The van der Waals surface area contributed by atoms with E-state index in [1.807, 2.05) is 6.08 Å². The molecule has 2 aliphatic rings. The molecule has 0 amide bonds. The molecule has 2 rings (SSSR count). The summed E-state index contributed by atoms with van der Waals surface area (Å²) in [6.45, 7) is 5.24. The molecule has 1 saturated heterocycles. The molecular weight excluding hydrogens is 304 g/mol. The van der Waals surface area contributed by atoms with Crippen molar-refractivity contribution in [2.45, 2.75) is 50.5 Å². The Bertz CT molecular complexity index is 485. The predicted octanol–water partition coefficient (Wildman–Crippen LogP) is -0.716. The molecule has 0 bridgehead atoms. The molecule has 0 aromatic rings. The first-order chi connectivity index (χ1) is 10.8. The van der Waals surface area contributed by atoms with E-state index >= 15 is 0 Å². The molecule has 1 fully saturated rings. The third-order valence-electron chi connectivity index (χ3n) is 4.44. The summed E-state index contributed by atoms with van der Waals surface area (Å²) in [6, 6.07) is 0. The quantitative estimate of drug-likeness (QED) is 0.492. The Morgan fingerprint density at radius 3 is 2.65 bits per heavy atom. The molecule has 0 spiro atoms. The van der Waals surface area contributed by atoms with Gasteiger partial charge in [-0.05, 0) is 30.4 Å². The molecule has 1 heterocycles. The second-order valence-electron chi connectivity index (χ2n) is 6.11. The average molecular weight is 328 g/mol. The van der Waals surface area contributed by atoms with Crippen LogP contribution in [0.1, 0.15) is 19.8 Å². The van der Waals surface area contributed by atoms with Crippen molar-refractivity contribution in [1.82, 2.24) is 0 Å². The van der Waals surface area contributed by atoms with Crippen LogP contribution >= 0.6 is 0 Å². The number of aliphatic hydroxyl groups is 4. The molecule has 1 aliphatic heterocycles. The lowest BCUT2D eigenvalue weighted by atomic mass is 9.85. The van der Waals surface area contributed by atoms with Crippen molar-refractivity contribution in [3.8, 4) is 0 Å². The SMILES string of the molecule is C=C(COC1OC(CO)C(O)C(O)C1O)C1CC=C(C)C(=O)C1. The summed E-state index contributed by atoms with van der Waals surface area (Å²) < 4.78 is 10.7. The van der Waals surface area contributed by atoms with Crippen molar-refractivity contribution in [3.63, 3.8) is 0 Å². The molecular formula is C16H24O7. The zero-order valence-electron chi connectivity index (χ0n) is 13.1. The van der Waals surface area contributed by atoms with E-state index in [0.717, 1.165) is 5.57 Å². The smallest absolute Gasteiger partial charge is 0.187 e. The lowest BCUT2D eigenvalue weighted by Gasteiger charge is -2.39. The van der Waals surface area contributed by atoms with Gasteiger partial charge in [-0.25, -0.2) is 0 Å². The monoisotopic (exact) mass is 328 g/mol. The van der Waals surface area contributed by atoms with Crippen molar-refractivity contribution in [1.29, 1.82) is 0 Å². The number of aliphatic hydroxyl groups excluding tert-OH is 4. The third-order valence-corrected chi connectivity index (χ3v) is 4.44. The number of hydrogen-bond donors (Lipinski definition) is 4. The number of hydrogen-bond acceptors (Lipinski definition) is 7. The van der Waals surface area contributed by atoms with Crippen molar-refractivity contribution in [2.75, 3.05) is 13.2 Å². The Hall–Kier alpha value is -1.09. The van der Waals surface area contributed by atoms with Gasteiger partial charge in [-0.1, -0.05) is 12.7 Å². The first-order valence-electron chi connectivity index (χ1n) is 7.65. The Balaban J connectivity index is 1.90. The van der Waals surface area contributed by atoms with E-state index in [9.17, 15) is 20.1 Å². The van der Waals surface area contributed by atoms with Gasteiger partial charge < -0.3 is 29.9 Å². The van der Waals surface area contributed by atoms with Crippen LogP contribution in [0.2, 0.25) is 0 Å². The van der Waals surface area contributed by atoms with Gasteiger partial charge in [0, 0.05) is 6.42 Å². The Morgan fingerprint density at radius 2 is 2.04 bits per heavy atom. The maximum atomic E-state index is 11.7. The maximum Gasteiger partial charge on any atom is 0.187 e. The van der Waals surface area contributed by atoms with E-state index in [1.165, 1.54) is 0 Å². The van der Waals surface area contributed by atoms with E-state index < -0.39 is 37.3 Å². The molecule has 6 unspecified atom stereocenters. The fraction of sp³-hybridized carbons (Fsp3) is 0.688. The number of allylic oxidation sites excluding steroid dienone is 2. The Morgan fingerprint density at radius 1 is 1.35 bits per heavy atom. The standard InChI is InChI=1S/C16H24O7/c1-8-3-4-10(5-11(8)18)9(2)7-22-16-15(21)14(20)13(19)12(6-17)23-16/h3,10,12-17,19-21H,2,4-7H2,1H3. The number of ether oxygens (including phenoxy) is 2. The van der Waals surface area contributed by atoms with Gasteiger partial charge in [0.25, 0.3) is 0 Å². The molecule has 130 valence electrons. The minimum absolute atomic E-state index is 0.0314. The molecule has 23 heavy (non-hydrogen) atoms. The van der Waals surface area contributed by atoms with E-state index in [4.69, 9.17) is 14.6 Å². The summed E-state index contributed by atoms with van der Waals surface area (Å²) in [6.07, 6.45) is -3.56. The predicted molar refractivity (Wildman–Crippen MR) is 80.3 cm³/mol. The van der Waals surface area contributed by atoms with Gasteiger partial charge in [-0.15, -0.1) is 0 Å². The highest BCUT2D eigenvalue weighted by Crippen LogP contribution is 2.28. The van der Waals surface area contributed by atoms with Crippen LogP contribution in [0.15, 0.2) is 23.8 Å². The molecule has 0 aromatic carbocycles. The van der Waals surface area contributed by atoms with Crippen LogP contribution < -0.4 is 0 Å². The van der Waals surface area contributed by atoms with Crippen molar-refractivity contribution in [2.24, 2.45) is 5.92 Å². The van der Waals surface area contributed by atoms with Crippen molar-refractivity contribution < 1.29 is 34.7 Å². The second-order valence-corrected chi connectivity index (χ2v) is 6.11. The van der Waals surface area contributed by atoms with Gasteiger partial charge in [0.15, 0.2) is 12.1 Å². The zero-order valence-corrected chi connectivity index (χ0v) is 13.1. The summed E-state index contributed by atoms with van der Waals surface area (Å²) in [5.41, 5.74) is 1.45. The largest absolute Gasteiger partial charge is 0.394 e. The summed E-state index contributed by atoms with van der Waals surface area (Å²) in [5.74, 6) is 0.0475. The lowest BCUT2D eigenvalue weighted by Crippen LogP contribution is -2.59. The van der Waals surface area contributed by atoms with E-state index in [-0.39, 0.29) is 18.3 Å². The van der Waals surface area contributed by atoms with Crippen molar-refractivity contribution >= 4 is 5.78 Å². The highest BCUT2D eigenvalue weighted by Gasteiger charge is 2.44. The maximum absolute atomic E-state index is 11.7. The van der Waals surface area contributed by atoms with Crippen molar-refractivity contribution in [3.05, 3.63) is 23.8 Å². The minimum Gasteiger partial charge on any atom is -0.394 e. The number of carbonyl (C=O) groups excluding carboxylic acids is 1. The molecule has 6 atom stereocenters. The van der Waals surface area contributed by atoms with Crippen LogP contribution in [0.5, 0.6) is 0 Å². The van der Waals surface area contributed by atoms with Gasteiger partial charge in [-0.3, -0.25) is 4.79 Å². The Kier molecular flexibility index (Phi) is 6.07. The fourth-order valence-electron chi connectivity index (χ4n) is 2.72. The van der Waals surface area contributed by atoms with Crippen LogP contribution in [-0.4, -0.2) is 70.1 Å². The molecule has 1 aliphatic carbocycles. The molecule has 0 radical (unpaired) electrons. The first kappa shape index (κ1) is 18.3. The second kappa shape index (κ2) is 7.65. The van der Waals surface area contributed by atoms with E-state index in [1.54, 1.807) is 6.92 Å². The van der Waals surface area contributed by atoms with Crippen LogP contribution in [0.4, 0.5) is 0 Å². The third kappa shape index (κ3) is 4.06. The molecule has 0 saturated carbocycles. The number of carbonyl (C=O) groups is 1. The highest BCUT2D eigenvalue weighted by atomic mass is 16.7. The molecule has 7 heteroatoms. The summed E-state index contributed by atoms with van der Waals surface area (Å²) in [5, 5.41) is 38.4. The zero-order chi connectivity index (χ0) is 17.1. The van der Waals surface area contributed by atoms with Crippen LogP contribution in [0.3, 0.4) is 0 Å². The number of ketones is 1. The van der Waals surface area contributed by atoms with Gasteiger partial charge in [-0.2, -0.15) is 0 Å². The number of Topliss-reactive ketones (excluding diaryl/α,β-unsaturated/α-hetero) is 1. The molecule has 7 nitrogen and oxygen atoms in total. The lowest BCUT2D eigenvalue weighted by molar-refractivity contribution is -0.299. The van der Waals surface area contributed by atoms with Crippen LogP contribution in [0, 0.1) is 5.92 Å². The number of rotatable bonds is 5. The summed E-state index contributed by atoms with van der Waals surface area (Å²) in [7, 11) is 0. The van der Waals surface area contributed by atoms with Gasteiger partial charge in [0.05, 0.1) is 13.2 Å². The summed E-state index contributed by atoms with van der Waals surface area (Å²) >= 11 is 0. The normalized spacial score (nSPS) is 38.3. The first-order valence-corrected chi connectivity index (χ1v) is 7.65. The minimum atomic E-state index is -1.47. The summed E-state index contributed by atoms with van der Waals surface area (Å²) in [4.78, 5) is 11.7. The van der Waals surface area contributed by atoms with Crippen LogP contribution in [-0.2, 0) is 14.3 Å². The Labute approximate surface area is 134 Å². The van der Waals surface area contributed by atoms with Gasteiger partial charge in [0.1, 0.15) is 24.4 Å². The van der Waals surface area contributed by atoms with E-state index in [2.05, 4.69) is 6.58 Å². The molecule has 0 aromatic heterocycles. The van der Waals surface area contributed by atoms with Gasteiger partial charge in [0.2, 0.25) is 0 Å².